The second kappa shape index (κ2) is 11.3. The van der Waals surface area contributed by atoms with Crippen LogP contribution in [0.15, 0.2) is 48.5 Å². The van der Waals surface area contributed by atoms with Crippen LogP contribution in [-0.2, 0) is 4.79 Å². The molecule has 2 aromatic carbocycles. The Labute approximate surface area is 182 Å². The largest absolute Gasteiger partial charge is 0.477 e. The van der Waals surface area contributed by atoms with Crippen molar-refractivity contribution in [2.24, 2.45) is 0 Å². The van der Waals surface area contributed by atoms with Gasteiger partial charge in [-0.05, 0) is 50.1 Å². The smallest absolute Gasteiger partial charge is 0.310 e. The highest BCUT2D eigenvalue weighted by Gasteiger charge is 2.17. The highest BCUT2D eigenvalue weighted by molar-refractivity contribution is 5.77. The molecule has 1 heterocycles. The number of para-hydroxylation sites is 2. The van der Waals surface area contributed by atoms with Gasteiger partial charge in [0.15, 0.2) is 12.4 Å². The molecule has 1 aliphatic rings. The molecule has 1 fully saturated rings. The molecule has 0 aliphatic carbocycles. The maximum atomic E-state index is 11.9. The number of hydrogen-bond acceptors (Lipinski definition) is 6. The molecular formula is C23H30N4O4. The van der Waals surface area contributed by atoms with Crippen molar-refractivity contribution in [3.63, 3.8) is 0 Å². The van der Waals surface area contributed by atoms with Crippen LogP contribution >= 0.6 is 0 Å². The highest BCUT2D eigenvalue weighted by Crippen LogP contribution is 2.25. The minimum Gasteiger partial charge on any atom is -0.477 e. The number of nitro groups is 1. The van der Waals surface area contributed by atoms with Crippen molar-refractivity contribution in [3.8, 4) is 5.75 Å². The molecule has 8 heteroatoms. The van der Waals surface area contributed by atoms with Crippen molar-refractivity contribution in [2.75, 3.05) is 50.8 Å². The molecule has 0 bridgehead atoms. The van der Waals surface area contributed by atoms with Gasteiger partial charge in [0.05, 0.1) is 4.92 Å². The zero-order valence-corrected chi connectivity index (χ0v) is 18.0. The lowest BCUT2D eigenvalue weighted by Gasteiger charge is -2.36. The third-order valence-corrected chi connectivity index (χ3v) is 5.38. The summed E-state index contributed by atoms with van der Waals surface area (Å²) < 4.78 is 5.30. The lowest BCUT2D eigenvalue weighted by molar-refractivity contribution is -0.385. The van der Waals surface area contributed by atoms with Gasteiger partial charge in [0, 0.05) is 44.5 Å². The number of nitro benzene ring substituents is 1. The summed E-state index contributed by atoms with van der Waals surface area (Å²) in [5, 5.41) is 13.8. The predicted octanol–water partition coefficient (Wildman–Crippen LogP) is 3.00. The van der Waals surface area contributed by atoms with Gasteiger partial charge in [0.25, 0.3) is 5.91 Å². The van der Waals surface area contributed by atoms with E-state index in [1.54, 1.807) is 12.1 Å². The fourth-order valence-electron chi connectivity index (χ4n) is 3.67. The SMILES string of the molecule is Cc1cccc(N2CCN(CCCCNC(=O)COc3ccccc3[N+](=O)[O-])CC2)c1. The van der Waals surface area contributed by atoms with E-state index in [0.717, 1.165) is 45.6 Å². The lowest BCUT2D eigenvalue weighted by Crippen LogP contribution is -2.46. The molecule has 1 N–H and O–H groups in total. The summed E-state index contributed by atoms with van der Waals surface area (Å²) in [4.78, 5) is 27.3. The quantitative estimate of drug-likeness (QED) is 0.357. The number of carbonyl (C=O) groups excluding carboxylic acids is 1. The number of benzene rings is 2. The molecule has 0 atom stereocenters. The van der Waals surface area contributed by atoms with E-state index in [2.05, 4.69) is 46.3 Å². The summed E-state index contributed by atoms with van der Waals surface area (Å²) in [5.41, 5.74) is 2.44. The average molecular weight is 427 g/mol. The maximum Gasteiger partial charge on any atom is 0.310 e. The summed E-state index contributed by atoms with van der Waals surface area (Å²) in [6, 6.07) is 14.7. The molecule has 166 valence electrons. The molecule has 0 saturated carbocycles. The lowest BCUT2D eigenvalue weighted by atomic mass is 10.2. The van der Waals surface area contributed by atoms with Crippen molar-refractivity contribution in [2.45, 2.75) is 19.8 Å². The van der Waals surface area contributed by atoms with Crippen molar-refractivity contribution < 1.29 is 14.5 Å². The summed E-state index contributed by atoms with van der Waals surface area (Å²) >= 11 is 0. The first-order chi connectivity index (χ1) is 15.0. The first-order valence-electron chi connectivity index (χ1n) is 10.7. The number of carbonyl (C=O) groups is 1. The van der Waals surface area contributed by atoms with Gasteiger partial charge >= 0.3 is 5.69 Å². The first kappa shape index (κ1) is 22.6. The van der Waals surface area contributed by atoms with Gasteiger partial charge in [-0.2, -0.15) is 0 Å². The average Bonchev–Trinajstić information content (AvgIpc) is 2.78. The van der Waals surface area contributed by atoms with E-state index >= 15 is 0 Å². The van der Waals surface area contributed by atoms with Gasteiger partial charge < -0.3 is 15.0 Å². The molecule has 31 heavy (non-hydrogen) atoms. The second-order valence-corrected chi connectivity index (χ2v) is 7.74. The van der Waals surface area contributed by atoms with Crippen molar-refractivity contribution in [1.29, 1.82) is 0 Å². The van der Waals surface area contributed by atoms with Crippen LogP contribution in [0.4, 0.5) is 11.4 Å². The van der Waals surface area contributed by atoms with Gasteiger partial charge in [0.2, 0.25) is 0 Å². The Bertz CT molecular complexity index is 881. The third-order valence-electron chi connectivity index (χ3n) is 5.38. The predicted molar refractivity (Wildman–Crippen MR) is 121 cm³/mol. The Hall–Kier alpha value is -3.13. The molecule has 0 unspecified atom stereocenters. The van der Waals surface area contributed by atoms with E-state index in [4.69, 9.17) is 4.74 Å². The van der Waals surface area contributed by atoms with Crippen LogP contribution in [0.2, 0.25) is 0 Å². The fourth-order valence-corrected chi connectivity index (χ4v) is 3.67. The Kier molecular flexibility index (Phi) is 8.23. The van der Waals surface area contributed by atoms with Crippen LogP contribution in [0, 0.1) is 17.0 Å². The number of nitrogens with zero attached hydrogens (tertiary/aromatic N) is 3. The Morgan fingerprint density at radius 3 is 2.61 bits per heavy atom. The Morgan fingerprint density at radius 1 is 1.10 bits per heavy atom. The molecule has 0 aromatic heterocycles. The second-order valence-electron chi connectivity index (χ2n) is 7.74. The van der Waals surface area contributed by atoms with Crippen LogP contribution in [0.5, 0.6) is 5.75 Å². The molecule has 1 aliphatic heterocycles. The Balaban J connectivity index is 1.27. The van der Waals surface area contributed by atoms with Crippen molar-refractivity contribution in [1.82, 2.24) is 10.2 Å². The van der Waals surface area contributed by atoms with Gasteiger partial charge in [0.1, 0.15) is 0 Å². The number of anilines is 1. The van der Waals surface area contributed by atoms with Gasteiger partial charge in [-0.3, -0.25) is 19.8 Å². The van der Waals surface area contributed by atoms with E-state index in [9.17, 15) is 14.9 Å². The van der Waals surface area contributed by atoms with Crippen LogP contribution in [0.25, 0.3) is 0 Å². The van der Waals surface area contributed by atoms with E-state index in [1.165, 1.54) is 23.4 Å². The number of rotatable bonds is 10. The standard InChI is InChI=1S/C23H30N4O4/c1-19-7-6-8-20(17-19)26-15-13-25(14-16-26)12-5-4-11-24-23(28)18-31-22-10-3-2-9-21(22)27(29)30/h2-3,6-10,17H,4-5,11-16,18H2,1H3,(H,24,28). The van der Waals surface area contributed by atoms with Crippen LogP contribution < -0.4 is 15.0 Å². The molecule has 1 amide bonds. The van der Waals surface area contributed by atoms with E-state index in [-0.39, 0.29) is 24.0 Å². The topological polar surface area (TPSA) is 88.0 Å². The molecule has 3 rings (SSSR count). The number of unbranched alkanes of at least 4 members (excludes halogenated alkanes) is 1. The monoisotopic (exact) mass is 426 g/mol. The zero-order valence-electron chi connectivity index (χ0n) is 18.0. The summed E-state index contributed by atoms with van der Waals surface area (Å²) in [5.74, 6) is -0.169. The minimum absolute atomic E-state index is 0.104. The fraction of sp³-hybridized carbons (Fsp3) is 0.435. The van der Waals surface area contributed by atoms with Gasteiger partial charge in [-0.15, -0.1) is 0 Å². The number of amides is 1. The number of aryl methyl sites for hydroxylation is 1. The van der Waals surface area contributed by atoms with E-state index in [0.29, 0.717) is 6.54 Å². The number of hydrogen-bond donors (Lipinski definition) is 1. The summed E-state index contributed by atoms with van der Waals surface area (Å²) in [6.45, 7) is 7.63. The Morgan fingerprint density at radius 2 is 1.87 bits per heavy atom. The van der Waals surface area contributed by atoms with Crippen molar-refractivity contribution in [3.05, 3.63) is 64.2 Å². The normalized spacial score (nSPS) is 14.3. The first-order valence-corrected chi connectivity index (χ1v) is 10.7. The van der Waals surface area contributed by atoms with Crippen LogP contribution in [-0.4, -0.2) is 61.6 Å². The molecule has 2 aromatic rings. The van der Waals surface area contributed by atoms with Gasteiger partial charge in [-0.25, -0.2) is 0 Å². The molecule has 1 saturated heterocycles. The van der Waals surface area contributed by atoms with Gasteiger partial charge in [-0.1, -0.05) is 24.3 Å². The number of nitrogens with one attached hydrogen (secondary N) is 1. The minimum atomic E-state index is -0.520. The van der Waals surface area contributed by atoms with E-state index < -0.39 is 4.92 Å². The summed E-state index contributed by atoms with van der Waals surface area (Å²) in [7, 11) is 0. The maximum absolute atomic E-state index is 11.9. The molecule has 0 spiro atoms. The number of ether oxygens (including phenoxy) is 1. The van der Waals surface area contributed by atoms with E-state index in [1.807, 2.05) is 0 Å². The highest BCUT2D eigenvalue weighted by atomic mass is 16.6. The molecular weight excluding hydrogens is 396 g/mol. The van der Waals surface area contributed by atoms with Crippen molar-refractivity contribution >= 4 is 17.3 Å². The molecule has 8 nitrogen and oxygen atoms in total. The third kappa shape index (κ3) is 6.96. The van der Waals surface area contributed by atoms with Crippen LogP contribution in [0.1, 0.15) is 18.4 Å². The van der Waals surface area contributed by atoms with Crippen LogP contribution in [0.3, 0.4) is 0 Å². The number of piperazine rings is 1. The summed E-state index contributed by atoms with van der Waals surface area (Å²) in [6.07, 6.45) is 1.89. The molecule has 0 radical (unpaired) electrons. The zero-order chi connectivity index (χ0) is 22.1.